The van der Waals surface area contributed by atoms with Crippen LogP contribution in [0.2, 0.25) is 0 Å². The molecule has 0 aliphatic heterocycles. The van der Waals surface area contributed by atoms with Gasteiger partial charge in [0.25, 0.3) is 5.91 Å². The van der Waals surface area contributed by atoms with Crippen LogP contribution in [0.25, 0.3) is 0 Å². The second-order valence-corrected chi connectivity index (χ2v) is 4.79. The number of hydrogen-bond acceptors (Lipinski definition) is 3. The summed E-state index contributed by atoms with van der Waals surface area (Å²) in [7, 11) is 0. The molecule has 4 nitrogen and oxygen atoms in total. The number of aliphatic hydroxyl groups is 1. The van der Waals surface area contributed by atoms with Crippen LogP contribution >= 0.6 is 0 Å². The van der Waals surface area contributed by atoms with E-state index in [1.54, 1.807) is 0 Å². The number of nitrogen functional groups attached to an aromatic ring is 1. The molecule has 1 fully saturated rings. The maximum absolute atomic E-state index is 13.1. The van der Waals surface area contributed by atoms with Crippen LogP contribution in [0.5, 0.6) is 0 Å². The molecule has 0 radical (unpaired) electrons. The number of amides is 1. The minimum atomic E-state index is -1.12. The fourth-order valence-electron chi connectivity index (χ4n) is 2.28. The lowest BCUT2D eigenvalue weighted by atomic mass is 9.92. The molecule has 19 heavy (non-hydrogen) atoms. The van der Waals surface area contributed by atoms with Crippen molar-refractivity contribution in [2.75, 3.05) is 5.73 Å². The molecule has 1 aromatic carbocycles. The monoisotopic (exact) mass is 270 g/mol. The van der Waals surface area contributed by atoms with Crippen molar-refractivity contribution in [2.24, 2.45) is 0 Å². The predicted molar refractivity (Wildman–Crippen MR) is 66.5 cm³/mol. The highest BCUT2D eigenvalue weighted by Gasteiger charge is 2.25. The van der Waals surface area contributed by atoms with Crippen LogP contribution in [0, 0.1) is 11.6 Å². The summed E-state index contributed by atoms with van der Waals surface area (Å²) in [5.41, 5.74) is 5.26. The van der Waals surface area contributed by atoms with Gasteiger partial charge < -0.3 is 16.2 Å². The summed E-state index contributed by atoms with van der Waals surface area (Å²) >= 11 is 0. The van der Waals surface area contributed by atoms with E-state index in [2.05, 4.69) is 5.32 Å². The number of aliphatic hydroxyl groups excluding tert-OH is 1. The van der Waals surface area contributed by atoms with Gasteiger partial charge in [0.05, 0.1) is 17.7 Å². The molecule has 1 aliphatic rings. The highest BCUT2D eigenvalue weighted by molar-refractivity contribution is 5.99. The Hall–Kier alpha value is -1.69. The zero-order valence-electron chi connectivity index (χ0n) is 10.3. The Balaban J connectivity index is 2.13. The van der Waals surface area contributed by atoms with Crippen LogP contribution < -0.4 is 11.1 Å². The van der Waals surface area contributed by atoms with Gasteiger partial charge in [0.1, 0.15) is 0 Å². The second-order valence-electron chi connectivity index (χ2n) is 4.79. The molecule has 0 aromatic heterocycles. The van der Waals surface area contributed by atoms with E-state index in [4.69, 9.17) is 5.73 Å². The lowest BCUT2D eigenvalue weighted by Gasteiger charge is -2.28. The van der Waals surface area contributed by atoms with Crippen molar-refractivity contribution in [3.05, 3.63) is 29.3 Å². The first-order valence-electron chi connectivity index (χ1n) is 6.22. The van der Waals surface area contributed by atoms with Gasteiger partial charge in [-0.05, 0) is 18.9 Å². The predicted octanol–water partition coefficient (Wildman–Crippen LogP) is 1.58. The van der Waals surface area contributed by atoms with Gasteiger partial charge in [-0.2, -0.15) is 0 Å². The number of hydrogen-bond donors (Lipinski definition) is 3. The molecule has 4 N–H and O–H groups in total. The van der Waals surface area contributed by atoms with E-state index >= 15 is 0 Å². The van der Waals surface area contributed by atoms with Gasteiger partial charge in [-0.25, -0.2) is 8.78 Å². The first-order valence-corrected chi connectivity index (χ1v) is 6.22. The SMILES string of the molecule is Nc1cc(F)c(F)cc1C(=O)NC1CCCCC1O. The van der Waals surface area contributed by atoms with E-state index in [9.17, 15) is 18.7 Å². The lowest BCUT2D eigenvalue weighted by Crippen LogP contribution is -2.45. The molecule has 0 saturated heterocycles. The Bertz CT molecular complexity index is 494. The average molecular weight is 270 g/mol. The smallest absolute Gasteiger partial charge is 0.253 e. The van der Waals surface area contributed by atoms with Gasteiger partial charge >= 0.3 is 0 Å². The van der Waals surface area contributed by atoms with Crippen LogP contribution in [0.3, 0.4) is 0 Å². The highest BCUT2D eigenvalue weighted by Crippen LogP contribution is 2.21. The lowest BCUT2D eigenvalue weighted by molar-refractivity contribution is 0.0717. The minimum Gasteiger partial charge on any atom is -0.398 e. The quantitative estimate of drug-likeness (QED) is 0.714. The number of halogens is 2. The van der Waals surface area contributed by atoms with Crippen LogP contribution in [0.4, 0.5) is 14.5 Å². The summed E-state index contributed by atoms with van der Waals surface area (Å²) in [6.07, 6.45) is 2.51. The Kier molecular flexibility index (Phi) is 3.99. The molecule has 0 bridgehead atoms. The topological polar surface area (TPSA) is 75.4 Å². The summed E-state index contributed by atoms with van der Waals surface area (Å²) in [6.45, 7) is 0. The Morgan fingerprint density at radius 2 is 1.89 bits per heavy atom. The molecule has 6 heteroatoms. The van der Waals surface area contributed by atoms with E-state index in [1.807, 2.05) is 0 Å². The van der Waals surface area contributed by atoms with Crippen LogP contribution in [0.15, 0.2) is 12.1 Å². The van der Waals surface area contributed by atoms with Crippen LogP contribution in [-0.2, 0) is 0 Å². The number of anilines is 1. The zero-order chi connectivity index (χ0) is 14.0. The maximum Gasteiger partial charge on any atom is 0.253 e. The standard InChI is InChI=1S/C13H16F2N2O2/c14-8-5-7(10(16)6-9(8)15)13(19)17-11-3-1-2-4-12(11)18/h5-6,11-12,18H,1-4,16H2,(H,17,19). The molecule has 2 atom stereocenters. The number of nitrogens with one attached hydrogen (secondary N) is 1. The molecule has 2 rings (SSSR count). The normalized spacial score (nSPS) is 23.1. The van der Waals surface area contributed by atoms with Crippen LogP contribution in [-0.4, -0.2) is 23.2 Å². The van der Waals surface area contributed by atoms with Crippen molar-refractivity contribution in [3.63, 3.8) is 0 Å². The van der Waals surface area contributed by atoms with Gasteiger partial charge in [-0.1, -0.05) is 12.8 Å². The maximum atomic E-state index is 13.1. The second kappa shape index (κ2) is 5.52. The number of carbonyl (C=O) groups is 1. The molecular formula is C13H16F2N2O2. The van der Waals surface area contributed by atoms with E-state index in [0.29, 0.717) is 12.8 Å². The molecular weight excluding hydrogens is 254 g/mol. The number of carbonyl (C=O) groups excluding carboxylic acids is 1. The van der Waals surface area contributed by atoms with E-state index in [1.165, 1.54) is 0 Å². The highest BCUT2D eigenvalue weighted by atomic mass is 19.2. The molecule has 1 aromatic rings. The molecule has 104 valence electrons. The number of benzene rings is 1. The van der Waals surface area contributed by atoms with E-state index in [-0.39, 0.29) is 17.3 Å². The summed E-state index contributed by atoms with van der Waals surface area (Å²) in [5.74, 6) is -2.81. The van der Waals surface area contributed by atoms with Gasteiger partial charge in [0.2, 0.25) is 0 Å². The van der Waals surface area contributed by atoms with Crippen molar-refractivity contribution in [2.45, 2.75) is 37.8 Å². The minimum absolute atomic E-state index is 0.114. The van der Waals surface area contributed by atoms with Crippen molar-refractivity contribution in [1.29, 1.82) is 0 Å². The Morgan fingerprint density at radius 1 is 1.26 bits per heavy atom. The molecule has 0 spiro atoms. The van der Waals surface area contributed by atoms with Gasteiger partial charge in [-0.15, -0.1) is 0 Å². The third-order valence-electron chi connectivity index (χ3n) is 3.38. The van der Waals surface area contributed by atoms with Gasteiger partial charge in [-0.3, -0.25) is 4.79 Å². The first-order chi connectivity index (χ1) is 8.99. The summed E-state index contributed by atoms with van der Waals surface area (Å²) < 4.78 is 26.0. The van der Waals surface area contributed by atoms with Gasteiger partial charge in [0, 0.05) is 11.8 Å². The summed E-state index contributed by atoms with van der Waals surface area (Å²) in [4.78, 5) is 12.0. The van der Waals surface area contributed by atoms with Crippen molar-refractivity contribution in [3.8, 4) is 0 Å². The van der Waals surface area contributed by atoms with Gasteiger partial charge in [0.15, 0.2) is 11.6 Å². The molecule has 1 saturated carbocycles. The van der Waals surface area contributed by atoms with Crippen molar-refractivity contribution < 1.29 is 18.7 Å². The third-order valence-corrected chi connectivity index (χ3v) is 3.38. The molecule has 1 aliphatic carbocycles. The zero-order valence-corrected chi connectivity index (χ0v) is 10.3. The van der Waals surface area contributed by atoms with Crippen LogP contribution in [0.1, 0.15) is 36.0 Å². The Morgan fingerprint density at radius 3 is 2.58 bits per heavy atom. The number of rotatable bonds is 2. The fraction of sp³-hybridized carbons (Fsp3) is 0.462. The average Bonchev–Trinajstić information content (AvgIpc) is 2.36. The molecule has 0 heterocycles. The third kappa shape index (κ3) is 3.01. The number of nitrogens with two attached hydrogens (primary N) is 1. The molecule has 2 unspecified atom stereocenters. The Labute approximate surface area is 109 Å². The first kappa shape index (κ1) is 13.7. The largest absolute Gasteiger partial charge is 0.398 e. The summed E-state index contributed by atoms with van der Waals surface area (Å²) in [6, 6.07) is 1.19. The van der Waals surface area contributed by atoms with E-state index < -0.39 is 23.6 Å². The van der Waals surface area contributed by atoms with E-state index in [0.717, 1.165) is 25.0 Å². The van der Waals surface area contributed by atoms with Crippen molar-refractivity contribution >= 4 is 11.6 Å². The fourth-order valence-corrected chi connectivity index (χ4v) is 2.28. The molecule has 1 amide bonds. The van der Waals surface area contributed by atoms with Crippen molar-refractivity contribution in [1.82, 2.24) is 5.32 Å². The summed E-state index contributed by atoms with van der Waals surface area (Å²) in [5, 5.41) is 12.4.